The van der Waals surface area contributed by atoms with Gasteiger partial charge in [0.1, 0.15) is 17.9 Å². The van der Waals surface area contributed by atoms with Crippen LogP contribution >= 0.6 is 0 Å². The van der Waals surface area contributed by atoms with Crippen molar-refractivity contribution >= 4 is 17.1 Å². The zero-order valence-electron chi connectivity index (χ0n) is 11.8. The minimum absolute atomic E-state index is 0.204. The summed E-state index contributed by atoms with van der Waals surface area (Å²) in [7, 11) is 1.59. The number of carbonyl (C=O) groups is 1. The molecule has 0 atom stereocenters. The lowest BCUT2D eigenvalue weighted by Crippen LogP contribution is -1.87. The molecule has 0 saturated heterocycles. The zero-order valence-corrected chi connectivity index (χ0v) is 11.8. The molecule has 0 bridgehead atoms. The lowest BCUT2D eigenvalue weighted by molar-refractivity contribution is -0.110. The summed E-state index contributed by atoms with van der Waals surface area (Å²) < 4.78 is 18.4. The number of rotatable bonds is 2. The summed E-state index contributed by atoms with van der Waals surface area (Å²) in [6.07, 6.45) is 6.18. The highest BCUT2D eigenvalue weighted by Gasteiger charge is 2.05. The molecule has 0 aliphatic heterocycles. The maximum Gasteiger partial charge on any atom is 0.139 e. The summed E-state index contributed by atoms with van der Waals surface area (Å²) in [5.41, 5.74) is 0.301. The second kappa shape index (κ2) is 7.30. The first-order valence-corrected chi connectivity index (χ1v) is 6.21. The highest BCUT2D eigenvalue weighted by atomic mass is 19.1. The van der Waals surface area contributed by atoms with Crippen LogP contribution in [0.25, 0.3) is 10.8 Å². The van der Waals surface area contributed by atoms with Gasteiger partial charge < -0.3 is 9.53 Å². The van der Waals surface area contributed by atoms with Crippen LogP contribution in [0.3, 0.4) is 0 Å². The topological polar surface area (TPSA) is 26.3 Å². The van der Waals surface area contributed by atoms with Gasteiger partial charge in [0, 0.05) is 11.3 Å². The van der Waals surface area contributed by atoms with Crippen molar-refractivity contribution in [3.63, 3.8) is 0 Å². The predicted molar refractivity (Wildman–Crippen MR) is 79.3 cm³/mol. The number of carbonyl (C=O) groups excluding carboxylic acids is 1. The molecule has 20 heavy (non-hydrogen) atoms. The molecule has 0 fully saturated rings. The van der Waals surface area contributed by atoms with Crippen molar-refractivity contribution in [3.8, 4) is 18.1 Å². The first kappa shape index (κ1) is 15.7. The van der Waals surface area contributed by atoms with Crippen molar-refractivity contribution in [2.24, 2.45) is 5.92 Å². The van der Waals surface area contributed by atoms with Gasteiger partial charge in [-0.05, 0) is 29.7 Å². The summed E-state index contributed by atoms with van der Waals surface area (Å²) in [5, 5.41) is 1.61. The molecule has 0 heterocycles. The summed E-state index contributed by atoms with van der Waals surface area (Å²) in [6, 6.07) is 8.43. The third-order valence-electron chi connectivity index (χ3n) is 2.59. The number of benzene rings is 2. The van der Waals surface area contributed by atoms with Gasteiger partial charge in [-0.25, -0.2) is 4.39 Å². The predicted octanol–water partition coefficient (Wildman–Crippen LogP) is 3.81. The number of methoxy groups -OCH3 is 1. The van der Waals surface area contributed by atoms with E-state index in [-0.39, 0.29) is 11.7 Å². The highest BCUT2D eigenvalue weighted by molar-refractivity contribution is 5.89. The van der Waals surface area contributed by atoms with Crippen molar-refractivity contribution in [3.05, 3.63) is 41.7 Å². The average molecular weight is 272 g/mol. The third kappa shape index (κ3) is 3.83. The maximum atomic E-state index is 13.3. The summed E-state index contributed by atoms with van der Waals surface area (Å²) >= 11 is 0. The van der Waals surface area contributed by atoms with Gasteiger partial charge in [-0.3, -0.25) is 0 Å². The Morgan fingerprint density at radius 2 is 1.95 bits per heavy atom. The molecule has 3 heteroatoms. The molecule has 0 aliphatic rings. The van der Waals surface area contributed by atoms with E-state index in [0.717, 1.165) is 22.8 Å². The standard InChI is InChI=1S/C13H9FO.C4H8O/c1-3-11-12-6-5-10(15-2)8-9(12)4-7-13(11)14;1-4(2)3-5/h1,4-8H,2H3;3-4H,1-2H3. The molecule has 0 aromatic heterocycles. The van der Waals surface area contributed by atoms with Gasteiger partial charge in [0.05, 0.1) is 12.7 Å². The van der Waals surface area contributed by atoms with E-state index in [1.165, 1.54) is 6.07 Å². The molecule has 0 aliphatic carbocycles. The van der Waals surface area contributed by atoms with E-state index < -0.39 is 0 Å². The normalized spacial score (nSPS) is 9.60. The molecule has 0 radical (unpaired) electrons. The Bertz CT molecular complexity index is 639. The molecule has 0 unspecified atom stereocenters. The van der Waals surface area contributed by atoms with Gasteiger partial charge in [-0.15, -0.1) is 6.42 Å². The monoisotopic (exact) mass is 272 g/mol. The number of hydrogen-bond acceptors (Lipinski definition) is 2. The quantitative estimate of drug-likeness (QED) is 0.614. The fourth-order valence-corrected chi connectivity index (χ4v) is 1.55. The van der Waals surface area contributed by atoms with Gasteiger partial charge in [-0.1, -0.05) is 25.8 Å². The second-order valence-corrected chi connectivity index (χ2v) is 4.53. The average Bonchev–Trinajstić information content (AvgIpc) is 2.47. The Labute approximate surface area is 118 Å². The number of hydrogen-bond donors (Lipinski definition) is 0. The van der Waals surface area contributed by atoms with Crippen LogP contribution < -0.4 is 4.74 Å². The zero-order chi connectivity index (χ0) is 15.1. The van der Waals surface area contributed by atoms with Crippen LogP contribution in [0.5, 0.6) is 5.75 Å². The van der Waals surface area contributed by atoms with E-state index in [4.69, 9.17) is 11.2 Å². The van der Waals surface area contributed by atoms with E-state index in [0.29, 0.717) is 5.56 Å². The van der Waals surface area contributed by atoms with Gasteiger partial charge >= 0.3 is 0 Å². The number of ether oxygens (including phenoxy) is 1. The van der Waals surface area contributed by atoms with Crippen molar-refractivity contribution in [2.75, 3.05) is 7.11 Å². The first-order chi connectivity index (χ1) is 9.53. The van der Waals surface area contributed by atoms with E-state index in [1.54, 1.807) is 25.3 Å². The SMILES string of the molecule is C#Cc1c(F)ccc2cc(OC)ccc12.CC(C)C=O. The lowest BCUT2D eigenvalue weighted by atomic mass is 10.0. The Morgan fingerprint density at radius 1 is 1.30 bits per heavy atom. The lowest BCUT2D eigenvalue weighted by Gasteiger charge is -2.04. The maximum absolute atomic E-state index is 13.3. The molecule has 0 spiro atoms. The van der Waals surface area contributed by atoms with Gasteiger partial charge in [0.2, 0.25) is 0 Å². The second-order valence-electron chi connectivity index (χ2n) is 4.53. The Kier molecular flexibility index (Phi) is 5.74. The fraction of sp³-hybridized carbons (Fsp3) is 0.235. The Balaban J connectivity index is 0.000000347. The largest absolute Gasteiger partial charge is 0.497 e. The van der Waals surface area contributed by atoms with Gasteiger partial charge in [-0.2, -0.15) is 0 Å². The highest BCUT2D eigenvalue weighted by Crippen LogP contribution is 2.25. The van der Waals surface area contributed by atoms with Gasteiger partial charge in [0.25, 0.3) is 0 Å². The van der Waals surface area contributed by atoms with Gasteiger partial charge in [0.15, 0.2) is 0 Å². The number of aldehydes is 1. The molecular weight excluding hydrogens is 255 g/mol. The first-order valence-electron chi connectivity index (χ1n) is 6.21. The number of fused-ring (bicyclic) bond motifs is 1. The van der Waals surface area contributed by atoms with Crippen molar-refractivity contribution < 1.29 is 13.9 Å². The molecular formula is C17H17FO2. The number of terminal acetylenes is 1. The van der Waals surface area contributed by atoms with E-state index in [9.17, 15) is 9.18 Å². The smallest absolute Gasteiger partial charge is 0.139 e. The summed E-state index contributed by atoms with van der Waals surface area (Å²) in [4.78, 5) is 9.50. The van der Waals surface area contributed by atoms with Crippen LogP contribution in [-0.4, -0.2) is 13.4 Å². The summed E-state index contributed by atoms with van der Waals surface area (Å²) in [6.45, 7) is 3.71. The number of halogens is 1. The van der Waals surface area contributed by atoms with Crippen LogP contribution in [0.4, 0.5) is 4.39 Å². The minimum Gasteiger partial charge on any atom is -0.497 e. The molecule has 0 N–H and O–H groups in total. The molecule has 104 valence electrons. The van der Waals surface area contributed by atoms with Crippen LogP contribution in [0.1, 0.15) is 19.4 Å². The Hall–Kier alpha value is -2.34. The Morgan fingerprint density at radius 3 is 2.45 bits per heavy atom. The molecule has 2 rings (SSSR count). The molecule has 2 nitrogen and oxygen atoms in total. The van der Waals surface area contributed by atoms with Crippen molar-refractivity contribution in [1.82, 2.24) is 0 Å². The fourth-order valence-electron chi connectivity index (χ4n) is 1.55. The van der Waals surface area contributed by atoms with Crippen LogP contribution in [0.15, 0.2) is 30.3 Å². The van der Waals surface area contributed by atoms with Crippen LogP contribution in [0, 0.1) is 24.1 Å². The van der Waals surface area contributed by atoms with E-state index in [1.807, 2.05) is 19.9 Å². The minimum atomic E-state index is -0.366. The van der Waals surface area contributed by atoms with E-state index >= 15 is 0 Å². The molecule has 0 amide bonds. The van der Waals surface area contributed by atoms with E-state index in [2.05, 4.69) is 5.92 Å². The van der Waals surface area contributed by atoms with Crippen molar-refractivity contribution in [1.29, 1.82) is 0 Å². The molecule has 0 saturated carbocycles. The van der Waals surface area contributed by atoms with Crippen molar-refractivity contribution in [2.45, 2.75) is 13.8 Å². The third-order valence-corrected chi connectivity index (χ3v) is 2.59. The molecule has 2 aromatic carbocycles. The van der Waals surface area contributed by atoms with Crippen LogP contribution in [-0.2, 0) is 4.79 Å². The molecule has 2 aromatic rings. The summed E-state index contributed by atoms with van der Waals surface area (Å²) in [5.74, 6) is 2.93. The van der Waals surface area contributed by atoms with Crippen LogP contribution in [0.2, 0.25) is 0 Å².